The molecular formula is C25H30F2N4O3. The summed E-state index contributed by atoms with van der Waals surface area (Å²) in [5.74, 6) is -2.12. The van der Waals surface area contributed by atoms with Crippen molar-refractivity contribution >= 4 is 11.7 Å². The van der Waals surface area contributed by atoms with E-state index in [4.69, 9.17) is 9.47 Å². The topological polar surface area (TPSA) is 85.4 Å². The van der Waals surface area contributed by atoms with Gasteiger partial charge in [-0.25, -0.2) is 18.7 Å². The predicted molar refractivity (Wildman–Crippen MR) is 123 cm³/mol. The molecule has 9 heteroatoms. The second-order valence-corrected chi connectivity index (χ2v) is 8.68. The summed E-state index contributed by atoms with van der Waals surface area (Å²) in [7, 11) is 0. The van der Waals surface area contributed by atoms with Gasteiger partial charge in [-0.05, 0) is 37.8 Å². The van der Waals surface area contributed by atoms with Gasteiger partial charge in [0.2, 0.25) is 5.91 Å². The maximum absolute atomic E-state index is 14.3. The molecule has 2 aliphatic rings. The number of hydrogen-bond donors (Lipinski definition) is 2. The number of fused-ring (bicyclic) bond motifs is 1. The number of hydrogen-bond acceptors (Lipinski definition) is 6. The fourth-order valence-corrected chi connectivity index (χ4v) is 4.47. The number of allylic oxidation sites excluding steroid dienone is 1. The number of halogens is 2. The molecule has 2 N–H and O–H groups in total. The maximum Gasteiger partial charge on any atom is 0.273 e. The van der Waals surface area contributed by atoms with Crippen LogP contribution in [-0.2, 0) is 33.0 Å². The molecule has 0 spiro atoms. The van der Waals surface area contributed by atoms with E-state index < -0.39 is 12.2 Å². The summed E-state index contributed by atoms with van der Waals surface area (Å²) in [4.78, 5) is 21.7. The Balaban J connectivity index is 1.68. The van der Waals surface area contributed by atoms with Crippen LogP contribution in [0.15, 0.2) is 30.5 Å². The summed E-state index contributed by atoms with van der Waals surface area (Å²) in [5.41, 5.74) is 3.21. The third-order valence-electron chi connectivity index (χ3n) is 6.18. The number of carbonyl (C=O) groups excluding carboxylic acids is 1. The number of anilines is 1. The highest BCUT2D eigenvalue weighted by molar-refractivity contribution is 5.80. The third kappa shape index (κ3) is 4.95. The first-order chi connectivity index (χ1) is 16.2. The van der Waals surface area contributed by atoms with Gasteiger partial charge in [0, 0.05) is 17.7 Å². The van der Waals surface area contributed by atoms with Crippen molar-refractivity contribution in [3.05, 3.63) is 64.2 Å². The molecule has 0 bridgehead atoms. The van der Waals surface area contributed by atoms with Crippen LogP contribution in [0.2, 0.25) is 0 Å². The minimum atomic E-state index is -2.81. The van der Waals surface area contributed by atoms with E-state index in [9.17, 15) is 13.6 Å². The molecule has 1 aliphatic heterocycles. The van der Waals surface area contributed by atoms with E-state index in [-0.39, 0.29) is 30.4 Å². The van der Waals surface area contributed by atoms with Gasteiger partial charge in [-0.1, -0.05) is 31.7 Å². The number of aryl methyl sites for hydroxylation is 1. The number of rotatable bonds is 8. The number of nitrogens with zero attached hydrogens (tertiary/aromatic N) is 2. The van der Waals surface area contributed by atoms with Crippen LogP contribution in [0.3, 0.4) is 0 Å². The first-order valence-corrected chi connectivity index (χ1v) is 11.5. The van der Waals surface area contributed by atoms with Crippen molar-refractivity contribution in [2.45, 2.75) is 64.7 Å². The molecule has 7 nitrogen and oxygen atoms in total. The van der Waals surface area contributed by atoms with Crippen molar-refractivity contribution < 1.29 is 23.0 Å². The van der Waals surface area contributed by atoms with Gasteiger partial charge in [0.15, 0.2) is 6.29 Å². The first-order valence-electron chi connectivity index (χ1n) is 11.5. The highest BCUT2D eigenvalue weighted by Gasteiger charge is 2.40. The molecule has 1 fully saturated rings. The summed E-state index contributed by atoms with van der Waals surface area (Å²) in [6.45, 7) is 10.2. The molecule has 1 atom stereocenters. The van der Waals surface area contributed by atoms with Crippen LogP contribution in [0.1, 0.15) is 72.8 Å². The van der Waals surface area contributed by atoms with Gasteiger partial charge >= 0.3 is 0 Å². The largest absolute Gasteiger partial charge is 0.363 e. The lowest BCUT2D eigenvalue weighted by Crippen LogP contribution is -2.26. The highest BCUT2D eigenvalue weighted by Crippen LogP contribution is 2.44. The lowest BCUT2D eigenvalue weighted by Gasteiger charge is -2.23. The van der Waals surface area contributed by atoms with Gasteiger partial charge in [0.05, 0.1) is 36.9 Å². The van der Waals surface area contributed by atoms with Gasteiger partial charge < -0.3 is 20.1 Å². The molecule has 2 aromatic rings. The van der Waals surface area contributed by atoms with Crippen molar-refractivity contribution in [2.24, 2.45) is 0 Å². The number of aromatic nitrogens is 2. The SMILES string of the molecule is C=C(CC)NC(=O)Cc1nc(C)nc(N[C@H](C)c2cccc3c2CCC3(F)F)c1C1OCCO1. The average molecular weight is 473 g/mol. The summed E-state index contributed by atoms with van der Waals surface area (Å²) in [6, 6.07) is 4.70. The number of benzene rings is 1. The van der Waals surface area contributed by atoms with Crippen LogP contribution in [-0.4, -0.2) is 29.1 Å². The first kappa shape index (κ1) is 24.2. The lowest BCUT2D eigenvalue weighted by atomic mass is 9.97. The number of carbonyl (C=O) groups is 1. The van der Waals surface area contributed by atoms with Crippen LogP contribution in [0, 0.1) is 6.92 Å². The van der Waals surface area contributed by atoms with Crippen molar-refractivity contribution in [3.8, 4) is 0 Å². The standard InChI is InChI=1S/C25H30F2N4O3/c1-5-14(2)28-21(32)13-20-22(24-33-11-12-34-24)23(31-16(4)30-20)29-15(3)17-7-6-8-19-18(17)9-10-25(19,26)27/h6-8,15,24H,2,5,9-13H2,1,3-4H3,(H,28,32)(H,29,30,31)/t15-/m1/s1. The Morgan fingerprint density at radius 2 is 2.03 bits per heavy atom. The Bertz CT molecular complexity index is 1100. The van der Waals surface area contributed by atoms with Crippen LogP contribution in [0.5, 0.6) is 0 Å². The monoisotopic (exact) mass is 472 g/mol. The van der Waals surface area contributed by atoms with E-state index in [1.54, 1.807) is 13.0 Å². The average Bonchev–Trinajstić information content (AvgIpc) is 3.41. The zero-order chi connectivity index (χ0) is 24.5. The molecule has 1 saturated heterocycles. The van der Waals surface area contributed by atoms with Crippen LogP contribution in [0.25, 0.3) is 0 Å². The van der Waals surface area contributed by atoms with Crippen molar-refractivity contribution in [1.29, 1.82) is 0 Å². The zero-order valence-electron chi connectivity index (χ0n) is 19.7. The highest BCUT2D eigenvalue weighted by atomic mass is 19.3. The zero-order valence-corrected chi connectivity index (χ0v) is 19.7. The summed E-state index contributed by atoms with van der Waals surface area (Å²) in [6.07, 6.45) is 0.0359. The molecule has 182 valence electrons. The minimum Gasteiger partial charge on any atom is -0.363 e. The number of ether oxygens (including phenoxy) is 2. The molecule has 0 saturated carbocycles. The van der Waals surface area contributed by atoms with Crippen LogP contribution >= 0.6 is 0 Å². The molecule has 0 radical (unpaired) electrons. The molecule has 4 rings (SSSR count). The Labute approximate surface area is 198 Å². The van der Waals surface area contributed by atoms with Crippen LogP contribution in [0.4, 0.5) is 14.6 Å². The molecular weight excluding hydrogens is 442 g/mol. The Hall–Kier alpha value is -2.91. The Morgan fingerprint density at radius 3 is 2.74 bits per heavy atom. The fourth-order valence-electron chi connectivity index (χ4n) is 4.47. The smallest absolute Gasteiger partial charge is 0.273 e. The second-order valence-electron chi connectivity index (χ2n) is 8.68. The quantitative estimate of drug-likeness (QED) is 0.583. The van der Waals surface area contributed by atoms with Crippen molar-refractivity contribution in [2.75, 3.05) is 18.5 Å². The van der Waals surface area contributed by atoms with Gasteiger partial charge in [-0.2, -0.15) is 0 Å². The fraction of sp³-hybridized carbons (Fsp3) is 0.480. The van der Waals surface area contributed by atoms with Crippen molar-refractivity contribution in [1.82, 2.24) is 15.3 Å². The Morgan fingerprint density at radius 1 is 1.29 bits per heavy atom. The molecule has 1 amide bonds. The van der Waals surface area contributed by atoms with E-state index in [1.807, 2.05) is 19.9 Å². The number of amides is 1. The van der Waals surface area contributed by atoms with Gasteiger partial charge in [0.25, 0.3) is 5.92 Å². The number of nitrogens with one attached hydrogen (secondary N) is 2. The normalized spacial score (nSPS) is 17.9. The predicted octanol–water partition coefficient (Wildman–Crippen LogP) is 4.62. The molecule has 34 heavy (non-hydrogen) atoms. The molecule has 0 unspecified atom stereocenters. The van der Waals surface area contributed by atoms with Crippen molar-refractivity contribution in [3.63, 3.8) is 0 Å². The van der Waals surface area contributed by atoms with Gasteiger partial charge in [0.1, 0.15) is 11.6 Å². The van der Waals surface area contributed by atoms with Gasteiger partial charge in [-0.15, -0.1) is 0 Å². The number of alkyl halides is 2. The third-order valence-corrected chi connectivity index (χ3v) is 6.18. The molecule has 2 heterocycles. The molecule has 1 aromatic carbocycles. The minimum absolute atomic E-state index is 0.00302. The second kappa shape index (κ2) is 9.76. The summed E-state index contributed by atoms with van der Waals surface area (Å²) in [5, 5.41) is 6.13. The maximum atomic E-state index is 14.3. The van der Waals surface area contributed by atoms with E-state index in [2.05, 4.69) is 27.2 Å². The summed E-state index contributed by atoms with van der Waals surface area (Å²) >= 11 is 0. The molecule has 1 aromatic heterocycles. The van der Waals surface area contributed by atoms with E-state index in [0.717, 1.165) is 5.56 Å². The van der Waals surface area contributed by atoms with Gasteiger partial charge in [-0.3, -0.25) is 4.79 Å². The van der Waals surface area contributed by atoms with Crippen LogP contribution < -0.4 is 10.6 Å². The van der Waals surface area contributed by atoms with E-state index >= 15 is 0 Å². The Kier molecular flexibility index (Phi) is 6.95. The lowest BCUT2D eigenvalue weighted by molar-refractivity contribution is -0.119. The molecule has 1 aliphatic carbocycles. The van der Waals surface area contributed by atoms with E-state index in [0.29, 0.717) is 60.2 Å². The van der Waals surface area contributed by atoms with E-state index in [1.165, 1.54) is 6.07 Å². The summed E-state index contributed by atoms with van der Waals surface area (Å²) < 4.78 is 40.1.